The van der Waals surface area contributed by atoms with Gasteiger partial charge in [-0.1, -0.05) is 35.7 Å². The average molecular weight is 357 g/mol. The van der Waals surface area contributed by atoms with Gasteiger partial charge in [0.15, 0.2) is 6.10 Å². The van der Waals surface area contributed by atoms with Gasteiger partial charge in [0.05, 0.1) is 0 Å². The van der Waals surface area contributed by atoms with Gasteiger partial charge in [0, 0.05) is 11.0 Å². The van der Waals surface area contributed by atoms with Crippen molar-refractivity contribution in [3.05, 3.63) is 28.2 Å². The molecule has 0 aliphatic heterocycles. The highest BCUT2D eigenvalue weighted by Crippen LogP contribution is 2.24. The van der Waals surface area contributed by atoms with Crippen molar-refractivity contribution < 1.29 is 9.53 Å². The molecule has 1 rings (SSSR count). The molecule has 0 radical (unpaired) electrons. The van der Waals surface area contributed by atoms with Gasteiger partial charge in [-0.3, -0.25) is 4.79 Å². The molecule has 0 aliphatic rings. The number of carbonyl (C=O) groups is 1. The van der Waals surface area contributed by atoms with Crippen LogP contribution in [-0.4, -0.2) is 25.1 Å². The number of benzene rings is 1. The minimum Gasteiger partial charge on any atom is -0.481 e. The smallest absolute Gasteiger partial charge is 0.260 e. The molecule has 5 heteroatoms. The lowest BCUT2D eigenvalue weighted by atomic mass is 10.1. The summed E-state index contributed by atoms with van der Waals surface area (Å²) in [4.78, 5) is 12.0. The summed E-state index contributed by atoms with van der Waals surface area (Å²) < 4.78 is 6.76. The monoisotopic (exact) mass is 356 g/mol. The molecule has 0 aliphatic carbocycles. The van der Waals surface area contributed by atoms with Gasteiger partial charge in [0.1, 0.15) is 5.75 Å². The number of nitrogens with two attached hydrogens (primary N) is 1. The summed E-state index contributed by atoms with van der Waals surface area (Å²) in [5, 5.41) is 2.90. The zero-order valence-corrected chi connectivity index (χ0v) is 14.4. The minimum atomic E-state index is -0.510. The number of carbonyl (C=O) groups excluding carboxylic acids is 1. The van der Waals surface area contributed by atoms with Crippen LogP contribution in [0, 0.1) is 0 Å². The van der Waals surface area contributed by atoms with E-state index in [0.717, 1.165) is 41.5 Å². The van der Waals surface area contributed by atoms with Crippen molar-refractivity contribution >= 4 is 21.8 Å². The number of hydrogen-bond donors (Lipinski definition) is 2. The van der Waals surface area contributed by atoms with Crippen molar-refractivity contribution in [2.45, 2.75) is 45.6 Å². The molecule has 1 atom stereocenters. The number of ether oxygens (including phenoxy) is 1. The highest BCUT2D eigenvalue weighted by atomic mass is 79.9. The van der Waals surface area contributed by atoms with Crippen LogP contribution in [0.15, 0.2) is 22.7 Å². The molecule has 1 aromatic rings. The van der Waals surface area contributed by atoms with E-state index in [4.69, 9.17) is 10.5 Å². The summed E-state index contributed by atoms with van der Waals surface area (Å²) in [5.41, 5.74) is 6.63. The van der Waals surface area contributed by atoms with Gasteiger partial charge in [0.25, 0.3) is 5.91 Å². The van der Waals surface area contributed by atoms with Crippen LogP contribution in [0.1, 0.15) is 38.7 Å². The Labute approximate surface area is 135 Å². The summed E-state index contributed by atoms with van der Waals surface area (Å²) in [5.74, 6) is 0.646. The van der Waals surface area contributed by atoms with Gasteiger partial charge in [0.2, 0.25) is 0 Å². The Hall–Kier alpha value is -1.07. The van der Waals surface area contributed by atoms with Gasteiger partial charge in [-0.2, -0.15) is 0 Å². The van der Waals surface area contributed by atoms with Crippen LogP contribution in [0.3, 0.4) is 0 Å². The molecule has 0 spiro atoms. The Morgan fingerprint density at radius 3 is 2.86 bits per heavy atom. The van der Waals surface area contributed by atoms with Crippen molar-refractivity contribution in [1.82, 2.24) is 5.32 Å². The summed E-state index contributed by atoms with van der Waals surface area (Å²) in [7, 11) is 0. The van der Waals surface area contributed by atoms with Crippen LogP contribution in [-0.2, 0) is 11.2 Å². The maximum Gasteiger partial charge on any atom is 0.260 e. The molecule has 1 amide bonds. The first kappa shape index (κ1) is 18.0. The molecule has 0 bridgehead atoms. The van der Waals surface area contributed by atoms with E-state index in [1.807, 2.05) is 18.2 Å². The predicted molar refractivity (Wildman–Crippen MR) is 89.5 cm³/mol. The quantitative estimate of drug-likeness (QED) is 0.668. The van der Waals surface area contributed by atoms with E-state index in [2.05, 4.69) is 28.2 Å². The van der Waals surface area contributed by atoms with Crippen LogP contribution in [0.2, 0.25) is 0 Å². The highest BCUT2D eigenvalue weighted by molar-refractivity contribution is 9.10. The lowest BCUT2D eigenvalue weighted by Crippen LogP contribution is -2.37. The van der Waals surface area contributed by atoms with Crippen LogP contribution in [0.5, 0.6) is 5.75 Å². The first-order valence-corrected chi connectivity index (χ1v) is 8.30. The highest BCUT2D eigenvalue weighted by Gasteiger charge is 2.15. The first-order chi connectivity index (χ1) is 10.1. The SMILES string of the molecule is CCCCCNC(=O)C(C)Oc1ccc(Br)cc1CCN. The summed E-state index contributed by atoms with van der Waals surface area (Å²) >= 11 is 3.43. The number of halogens is 1. The molecule has 1 aromatic carbocycles. The van der Waals surface area contributed by atoms with Gasteiger partial charge >= 0.3 is 0 Å². The summed E-state index contributed by atoms with van der Waals surface area (Å²) in [6.45, 7) is 5.16. The zero-order valence-electron chi connectivity index (χ0n) is 12.8. The zero-order chi connectivity index (χ0) is 15.7. The third kappa shape index (κ3) is 6.48. The van der Waals surface area contributed by atoms with Gasteiger partial charge in [-0.15, -0.1) is 0 Å². The molecule has 0 saturated carbocycles. The number of nitrogens with one attached hydrogen (secondary N) is 1. The molecular weight excluding hydrogens is 332 g/mol. The molecule has 0 aromatic heterocycles. The lowest BCUT2D eigenvalue weighted by Gasteiger charge is -2.17. The third-order valence-corrected chi connectivity index (χ3v) is 3.68. The summed E-state index contributed by atoms with van der Waals surface area (Å²) in [6, 6.07) is 5.76. The Morgan fingerprint density at radius 1 is 1.43 bits per heavy atom. The van der Waals surface area contributed by atoms with Crippen molar-refractivity contribution in [1.29, 1.82) is 0 Å². The van der Waals surface area contributed by atoms with Crippen LogP contribution < -0.4 is 15.8 Å². The van der Waals surface area contributed by atoms with E-state index in [0.29, 0.717) is 13.1 Å². The number of unbranched alkanes of at least 4 members (excludes halogenated alkanes) is 2. The fraction of sp³-hybridized carbons (Fsp3) is 0.562. The van der Waals surface area contributed by atoms with E-state index >= 15 is 0 Å². The second-order valence-corrected chi connectivity index (χ2v) is 5.96. The van der Waals surface area contributed by atoms with E-state index < -0.39 is 6.10 Å². The van der Waals surface area contributed by atoms with E-state index in [1.165, 1.54) is 0 Å². The van der Waals surface area contributed by atoms with Crippen molar-refractivity contribution in [3.8, 4) is 5.75 Å². The van der Waals surface area contributed by atoms with Gasteiger partial charge < -0.3 is 15.8 Å². The normalized spacial score (nSPS) is 12.0. The number of amides is 1. The number of rotatable bonds is 9. The molecule has 118 valence electrons. The second-order valence-electron chi connectivity index (χ2n) is 5.05. The maximum atomic E-state index is 12.0. The predicted octanol–water partition coefficient (Wildman–Crippen LogP) is 3.02. The van der Waals surface area contributed by atoms with Gasteiger partial charge in [-0.05, 0) is 50.1 Å². The molecule has 0 saturated heterocycles. The topological polar surface area (TPSA) is 64.3 Å². The minimum absolute atomic E-state index is 0.0762. The molecule has 0 heterocycles. The lowest BCUT2D eigenvalue weighted by molar-refractivity contribution is -0.127. The second kappa shape index (κ2) is 9.79. The summed E-state index contributed by atoms with van der Waals surface area (Å²) in [6.07, 6.45) is 3.49. The standard InChI is InChI=1S/C16H25BrN2O2/c1-3-4-5-10-19-16(20)12(2)21-15-7-6-14(17)11-13(15)8-9-18/h6-7,11-12H,3-5,8-10,18H2,1-2H3,(H,19,20). The van der Waals surface area contributed by atoms with Crippen LogP contribution in [0.25, 0.3) is 0 Å². The Balaban J connectivity index is 2.57. The molecule has 0 fully saturated rings. The first-order valence-electron chi connectivity index (χ1n) is 7.51. The fourth-order valence-electron chi connectivity index (χ4n) is 1.99. The van der Waals surface area contributed by atoms with Crippen LogP contribution >= 0.6 is 15.9 Å². The van der Waals surface area contributed by atoms with Crippen molar-refractivity contribution in [2.75, 3.05) is 13.1 Å². The average Bonchev–Trinajstić information content (AvgIpc) is 2.46. The van der Waals surface area contributed by atoms with Crippen molar-refractivity contribution in [3.63, 3.8) is 0 Å². The Bertz CT molecular complexity index is 452. The van der Waals surface area contributed by atoms with E-state index in [-0.39, 0.29) is 5.91 Å². The largest absolute Gasteiger partial charge is 0.481 e. The maximum absolute atomic E-state index is 12.0. The molecule has 1 unspecified atom stereocenters. The Morgan fingerprint density at radius 2 is 2.19 bits per heavy atom. The fourth-order valence-corrected chi connectivity index (χ4v) is 2.40. The molecule has 21 heavy (non-hydrogen) atoms. The van der Waals surface area contributed by atoms with Crippen molar-refractivity contribution in [2.24, 2.45) is 5.73 Å². The van der Waals surface area contributed by atoms with Crippen LogP contribution in [0.4, 0.5) is 0 Å². The molecular formula is C16H25BrN2O2. The van der Waals surface area contributed by atoms with E-state index in [9.17, 15) is 4.79 Å². The van der Waals surface area contributed by atoms with Gasteiger partial charge in [-0.25, -0.2) is 0 Å². The molecule has 4 nitrogen and oxygen atoms in total. The Kier molecular flexibility index (Phi) is 8.38. The number of hydrogen-bond acceptors (Lipinski definition) is 3. The molecule has 3 N–H and O–H groups in total. The third-order valence-electron chi connectivity index (χ3n) is 3.19. The van der Waals surface area contributed by atoms with E-state index in [1.54, 1.807) is 6.92 Å².